The van der Waals surface area contributed by atoms with E-state index in [0.717, 1.165) is 25.1 Å². The first-order valence-corrected chi connectivity index (χ1v) is 7.30. The molecule has 3 rings (SSSR count). The minimum Gasteiger partial charge on any atom is -0.339 e. The van der Waals surface area contributed by atoms with Crippen molar-refractivity contribution in [1.82, 2.24) is 15.5 Å². The summed E-state index contributed by atoms with van der Waals surface area (Å²) in [5.74, 6) is 1.38. The molecule has 1 aliphatic rings. The van der Waals surface area contributed by atoms with Crippen LogP contribution in [0.15, 0.2) is 22.7 Å². The van der Waals surface area contributed by atoms with Crippen LogP contribution in [0.3, 0.4) is 0 Å². The van der Waals surface area contributed by atoms with Gasteiger partial charge in [-0.25, -0.2) is 0 Å². The van der Waals surface area contributed by atoms with Crippen LogP contribution in [-0.4, -0.2) is 23.2 Å². The van der Waals surface area contributed by atoms with Crippen molar-refractivity contribution >= 4 is 23.2 Å². The number of hydrogen-bond donors (Lipinski definition) is 1. The smallest absolute Gasteiger partial charge is 0.233 e. The second-order valence-electron chi connectivity index (χ2n) is 5.43. The van der Waals surface area contributed by atoms with Crippen LogP contribution in [0.5, 0.6) is 0 Å². The van der Waals surface area contributed by atoms with E-state index >= 15 is 0 Å². The van der Waals surface area contributed by atoms with Crippen LogP contribution in [0.1, 0.15) is 30.6 Å². The molecular weight excluding hydrogens is 297 g/mol. The molecular formula is C14H15Cl2N3O. The minimum atomic E-state index is -0.0527. The van der Waals surface area contributed by atoms with E-state index in [1.54, 1.807) is 6.07 Å². The van der Waals surface area contributed by atoms with Gasteiger partial charge in [0.15, 0.2) is 5.82 Å². The Bertz CT molecular complexity index is 621. The van der Waals surface area contributed by atoms with Crippen LogP contribution in [0, 0.1) is 0 Å². The van der Waals surface area contributed by atoms with Gasteiger partial charge in [0, 0.05) is 13.0 Å². The third kappa shape index (κ3) is 2.68. The fourth-order valence-corrected chi connectivity index (χ4v) is 2.72. The first-order chi connectivity index (χ1) is 9.57. The highest BCUT2D eigenvalue weighted by Crippen LogP contribution is 2.29. The van der Waals surface area contributed by atoms with Crippen molar-refractivity contribution in [3.63, 3.8) is 0 Å². The van der Waals surface area contributed by atoms with Gasteiger partial charge in [0.05, 0.1) is 15.5 Å². The number of benzene rings is 1. The zero-order valence-corrected chi connectivity index (χ0v) is 12.6. The summed E-state index contributed by atoms with van der Waals surface area (Å²) in [5, 5.41) is 8.48. The summed E-state index contributed by atoms with van der Waals surface area (Å²) in [6.07, 6.45) is 1.60. The molecule has 0 amide bonds. The zero-order chi connectivity index (χ0) is 14.2. The third-order valence-electron chi connectivity index (χ3n) is 3.70. The first-order valence-electron chi connectivity index (χ1n) is 6.54. The minimum absolute atomic E-state index is 0.0527. The van der Waals surface area contributed by atoms with E-state index in [9.17, 15) is 0 Å². The molecule has 1 saturated heterocycles. The number of aromatic nitrogens is 2. The van der Waals surface area contributed by atoms with Crippen LogP contribution < -0.4 is 5.32 Å². The van der Waals surface area contributed by atoms with Crippen LogP contribution in [0.2, 0.25) is 10.0 Å². The van der Waals surface area contributed by atoms with E-state index in [-0.39, 0.29) is 5.41 Å². The Hall–Kier alpha value is -1.10. The number of rotatable bonds is 3. The van der Waals surface area contributed by atoms with E-state index in [4.69, 9.17) is 27.7 Å². The molecule has 4 nitrogen and oxygen atoms in total. The average Bonchev–Trinajstić information content (AvgIpc) is 3.04. The summed E-state index contributed by atoms with van der Waals surface area (Å²) >= 11 is 11.9. The van der Waals surface area contributed by atoms with Gasteiger partial charge in [-0.05, 0) is 37.6 Å². The molecule has 1 atom stereocenters. The Labute approximate surface area is 127 Å². The zero-order valence-electron chi connectivity index (χ0n) is 11.1. The molecule has 0 bridgehead atoms. The highest BCUT2D eigenvalue weighted by molar-refractivity contribution is 6.42. The molecule has 0 aliphatic carbocycles. The van der Waals surface area contributed by atoms with Gasteiger partial charge >= 0.3 is 0 Å². The SMILES string of the molecule is CC1(c2nc(Cc3ccc(Cl)c(Cl)c3)no2)CCNC1. The van der Waals surface area contributed by atoms with Crippen LogP contribution in [0.25, 0.3) is 0 Å². The molecule has 106 valence electrons. The van der Waals surface area contributed by atoms with Gasteiger partial charge in [-0.15, -0.1) is 0 Å². The quantitative estimate of drug-likeness (QED) is 0.945. The molecule has 2 aromatic rings. The molecule has 1 N–H and O–H groups in total. The van der Waals surface area contributed by atoms with E-state index in [1.165, 1.54) is 0 Å². The maximum Gasteiger partial charge on any atom is 0.233 e. The predicted octanol–water partition coefficient (Wildman–Crippen LogP) is 3.22. The largest absolute Gasteiger partial charge is 0.339 e. The van der Waals surface area contributed by atoms with Gasteiger partial charge in [0.2, 0.25) is 5.89 Å². The van der Waals surface area contributed by atoms with Crippen LogP contribution >= 0.6 is 23.2 Å². The van der Waals surface area contributed by atoms with E-state index in [2.05, 4.69) is 22.4 Å². The van der Waals surface area contributed by atoms with Crippen molar-refractivity contribution in [3.05, 3.63) is 45.5 Å². The van der Waals surface area contributed by atoms with Crippen LogP contribution in [0.4, 0.5) is 0 Å². The molecule has 0 radical (unpaired) electrons. The van der Waals surface area contributed by atoms with E-state index in [1.807, 2.05) is 12.1 Å². The lowest BCUT2D eigenvalue weighted by Gasteiger charge is -2.15. The number of nitrogens with zero attached hydrogens (tertiary/aromatic N) is 2. The van der Waals surface area contributed by atoms with Crippen molar-refractivity contribution in [3.8, 4) is 0 Å². The second kappa shape index (κ2) is 5.35. The number of halogens is 2. The van der Waals surface area contributed by atoms with Gasteiger partial charge in [-0.1, -0.05) is 34.4 Å². The monoisotopic (exact) mass is 311 g/mol. The summed E-state index contributed by atoms with van der Waals surface area (Å²) in [4.78, 5) is 4.52. The van der Waals surface area contributed by atoms with Gasteiger partial charge in [-0.2, -0.15) is 4.98 Å². The molecule has 2 heterocycles. The lowest BCUT2D eigenvalue weighted by atomic mass is 9.90. The van der Waals surface area contributed by atoms with Crippen molar-refractivity contribution in [2.24, 2.45) is 0 Å². The van der Waals surface area contributed by atoms with Gasteiger partial charge in [-0.3, -0.25) is 0 Å². The molecule has 1 aromatic heterocycles. The second-order valence-corrected chi connectivity index (χ2v) is 6.24. The van der Waals surface area contributed by atoms with Crippen LogP contribution in [-0.2, 0) is 11.8 Å². The third-order valence-corrected chi connectivity index (χ3v) is 4.44. The summed E-state index contributed by atoms with van der Waals surface area (Å²) in [6.45, 7) is 4.01. The van der Waals surface area contributed by atoms with Gasteiger partial charge < -0.3 is 9.84 Å². The van der Waals surface area contributed by atoms with Crippen molar-refractivity contribution in [2.45, 2.75) is 25.2 Å². The standard InChI is InChI=1S/C14H15Cl2N3O/c1-14(4-5-17-8-14)13-18-12(19-20-13)7-9-2-3-10(15)11(16)6-9/h2-3,6,17H,4-5,7-8H2,1H3. The summed E-state index contributed by atoms with van der Waals surface area (Å²) < 4.78 is 5.42. The Balaban J connectivity index is 1.78. The predicted molar refractivity (Wildman–Crippen MR) is 78.4 cm³/mol. The lowest BCUT2D eigenvalue weighted by Crippen LogP contribution is -2.25. The highest BCUT2D eigenvalue weighted by Gasteiger charge is 2.36. The fraction of sp³-hybridized carbons (Fsp3) is 0.429. The average molecular weight is 312 g/mol. The number of nitrogens with one attached hydrogen (secondary N) is 1. The first kappa shape index (κ1) is 13.9. The molecule has 20 heavy (non-hydrogen) atoms. The topological polar surface area (TPSA) is 51.0 Å². The molecule has 1 unspecified atom stereocenters. The molecule has 6 heteroatoms. The summed E-state index contributed by atoms with van der Waals surface area (Å²) in [6, 6.07) is 5.53. The Morgan fingerprint density at radius 2 is 2.20 bits per heavy atom. The molecule has 0 spiro atoms. The maximum absolute atomic E-state index is 6.01. The Morgan fingerprint density at radius 3 is 2.90 bits per heavy atom. The molecule has 0 saturated carbocycles. The Morgan fingerprint density at radius 1 is 1.35 bits per heavy atom. The molecule has 1 fully saturated rings. The number of hydrogen-bond acceptors (Lipinski definition) is 4. The normalized spacial score (nSPS) is 22.4. The lowest BCUT2D eigenvalue weighted by molar-refractivity contribution is 0.304. The molecule has 1 aromatic carbocycles. The highest BCUT2D eigenvalue weighted by atomic mass is 35.5. The Kier molecular flexibility index (Phi) is 3.71. The summed E-state index contributed by atoms with van der Waals surface area (Å²) in [7, 11) is 0. The van der Waals surface area contributed by atoms with E-state index in [0.29, 0.717) is 28.2 Å². The maximum atomic E-state index is 6.01. The summed E-state index contributed by atoms with van der Waals surface area (Å²) in [5.41, 5.74) is 0.963. The van der Waals surface area contributed by atoms with Crippen molar-refractivity contribution in [1.29, 1.82) is 0 Å². The molecule has 1 aliphatic heterocycles. The van der Waals surface area contributed by atoms with Gasteiger partial charge in [0.1, 0.15) is 0 Å². The van der Waals surface area contributed by atoms with Gasteiger partial charge in [0.25, 0.3) is 0 Å². The van der Waals surface area contributed by atoms with E-state index < -0.39 is 0 Å². The van der Waals surface area contributed by atoms with Crippen molar-refractivity contribution < 1.29 is 4.52 Å². The van der Waals surface area contributed by atoms with Crippen molar-refractivity contribution in [2.75, 3.05) is 13.1 Å². The fourth-order valence-electron chi connectivity index (χ4n) is 2.40.